The summed E-state index contributed by atoms with van der Waals surface area (Å²) >= 11 is 11.9. The Bertz CT molecular complexity index is 1670. The number of benzene rings is 3. The molecule has 0 N–H and O–H groups in total. The maximum Gasteiger partial charge on any atom is 0.435 e. The fraction of sp³-hybridized carbons (Fsp3) is 0.276. The molecule has 0 aliphatic carbocycles. The first-order valence-corrected chi connectivity index (χ1v) is 14.9. The van der Waals surface area contributed by atoms with Crippen molar-refractivity contribution in [3.63, 3.8) is 0 Å². The van der Waals surface area contributed by atoms with Gasteiger partial charge in [-0.2, -0.15) is 22.8 Å². The Hall–Kier alpha value is -3.39. The van der Waals surface area contributed by atoms with E-state index in [0.717, 1.165) is 24.1 Å². The van der Waals surface area contributed by atoms with Gasteiger partial charge in [-0.3, -0.25) is 4.79 Å². The Morgan fingerprint density at radius 3 is 2.34 bits per heavy atom. The molecule has 6 nitrogen and oxygen atoms in total. The Kier molecular flexibility index (Phi) is 8.83. The molecule has 41 heavy (non-hydrogen) atoms. The number of amides is 1. The maximum absolute atomic E-state index is 14.3. The first kappa shape index (κ1) is 30.6. The zero-order valence-corrected chi connectivity index (χ0v) is 24.3. The summed E-state index contributed by atoms with van der Waals surface area (Å²) in [5.74, 6) is -0.890. The summed E-state index contributed by atoms with van der Waals surface area (Å²) < 4.78 is 60.8. The van der Waals surface area contributed by atoms with E-state index in [2.05, 4.69) is 9.52 Å². The van der Waals surface area contributed by atoms with Gasteiger partial charge in [0.15, 0.2) is 0 Å². The Morgan fingerprint density at radius 2 is 1.78 bits per heavy atom. The lowest BCUT2D eigenvalue weighted by molar-refractivity contribution is -0.275. The third-order valence-electron chi connectivity index (χ3n) is 6.73. The number of aryl methyl sites for hydroxylation is 2. The van der Waals surface area contributed by atoms with Crippen LogP contribution >= 0.6 is 23.2 Å². The Labute approximate surface area is 245 Å². The maximum atomic E-state index is 14.3. The number of rotatable bonds is 7. The lowest BCUT2D eigenvalue weighted by atomic mass is 9.86. The average molecular weight is 622 g/mol. The lowest BCUT2D eigenvalue weighted by Crippen LogP contribution is -2.42. The molecule has 2 atom stereocenters. The van der Waals surface area contributed by atoms with Crippen molar-refractivity contribution in [2.45, 2.75) is 49.8 Å². The number of oxime groups is 1. The van der Waals surface area contributed by atoms with Crippen molar-refractivity contribution >= 4 is 44.5 Å². The van der Waals surface area contributed by atoms with Crippen LogP contribution in [0, 0.1) is 18.3 Å². The zero-order chi connectivity index (χ0) is 30.0. The predicted molar refractivity (Wildman–Crippen MR) is 152 cm³/mol. The van der Waals surface area contributed by atoms with Gasteiger partial charge in [0.05, 0.1) is 21.5 Å². The van der Waals surface area contributed by atoms with Crippen LogP contribution in [-0.4, -0.2) is 27.8 Å². The van der Waals surface area contributed by atoms with Gasteiger partial charge in [0.25, 0.3) is 11.5 Å². The molecule has 0 saturated carbocycles. The van der Waals surface area contributed by atoms with E-state index >= 15 is 0 Å². The van der Waals surface area contributed by atoms with E-state index in [1.54, 1.807) is 31.2 Å². The van der Waals surface area contributed by atoms with Crippen molar-refractivity contribution in [1.82, 2.24) is 0 Å². The highest BCUT2D eigenvalue weighted by Gasteiger charge is 2.62. The van der Waals surface area contributed by atoms with Gasteiger partial charge >= 0.3 is 6.18 Å². The average Bonchev–Trinajstić information content (AvgIpc) is 3.39. The van der Waals surface area contributed by atoms with E-state index in [1.807, 2.05) is 13.0 Å². The number of alkyl halides is 3. The van der Waals surface area contributed by atoms with Crippen molar-refractivity contribution in [2.24, 2.45) is 9.52 Å². The van der Waals surface area contributed by atoms with Crippen LogP contribution < -0.4 is 0 Å². The van der Waals surface area contributed by atoms with Gasteiger partial charge in [0, 0.05) is 44.7 Å². The molecule has 0 radical (unpaired) electrons. The number of hydrogen-bond donors (Lipinski definition) is 0. The highest BCUT2D eigenvalue weighted by atomic mass is 35.5. The standard InChI is InChI=1S/C29H24Cl2F3N3O3S/c1-3-19-5-8-24(9-6-19)41(39,12-4-11-35)37-27(38)25-10-7-20(13-18(25)2)26-17-28(40-36-26,29(32,33)34)21-14-22(30)16-23(31)15-21/h5-10,13-16H,3-4,12,17H2,1-2H3. The molecule has 0 bridgehead atoms. The van der Waals surface area contributed by atoms with Crippen LogP contribution in [0.5, 0.6) is 0 Å². The molecule has 12 heteroatoms. The normalized spacial score (nSPS) is 18.1. The van der Waals surface area contributed by atoms with Crippen LogP contribution in [0.25, 0.3) is 0 Å². The van der Waals surface area contributed by atoms with Gasteiger partial charge in [-0.25, -0.2) is 4.21 Å². The van der Waals surface area contributed by atoms with E-state index in [0.29, 0.717) is 16.0 Å². The number of hydrogen-bond acceptors (Lipinski definition) is 5. The van der Waals surface area contributed by atoms with Crippen LogP contribution in [0.15, 0.2) is 75.1 Å². The summed E-state index contributed by atoms with van der Waals surface area (Å²) in [7, 11) is -3.25. The van der Waals surface area contributed by atoms with Gasteiger partial charge in [0.1, 0.15) is 0 Å². The molecule has 0 spiro atoms. The second kappa shape index (κ2) is 11.8. The van der Waals surface area contributed by atoms with Crippen molar-refractivity contribution < 1.29 is 27.0 Å². The summed E-state index contributed by atoms with van der Waals surface area (Å²) in [6.07, 6.45) is -4.80. The first-order valence-electron chi connectivity index (χ1n) is 12.5. The molecule has 0 fully saturated rings. The lowest BCUT2D eigenvalue weighted by Gasteiger charge is -2.29. The van der Waals surface area contributed by atoms with E-state index < -0.39 is 33.8 Å². The topological polar surface area (TPSA) is 91.9 Å². The smallest absolute Gasteiger partial charge is 0.374 e. The molecule has 4 rings (SSSR count). The van der Waals surface area contributed by atoms with Gasteiger partial charge in [-0.1, -0.05) is 53.5 Å². The van der Waals surface area contributed by atoms with Crippen LogP contribution in [0.3, 0.4) is 0 Å². The number of carbonyl (C=O) groups excluding carboxylic acids is 1. The molecule has 3 aromatic rings. The number of carbonyl (C=O) groups is 1. The largest absolute Gasteiger partial charge is 0.435 e. The van der Waals surface area contributed by atoms with Crippen LogP contribution in [0.1, 0.15) is 52.4 Å². The van der Waals surface area contributed by atoms with E-state index in [9.17, 15) is 22.2 Å². The van der Waals surface area contributed by atoms with Gasteiger partial charge in [-0.05, 0) is 72.5 Å². The Morgan fingerprint density at radius 1 is 1.12 bits per heavy atom. The molecular formula is C29H24Cl2F3N3O3S. The molecule has 214 valence electrons. The van der Waals surface area contributed by atoms with Gasteiger partial charge < -0.3 is 4.84 Å². The van der Waals surface area contributed by atoms with Crippen molar-refractivity contribution in [2.75, 3.05) is 5.75 Å². The van der Waals surface area contributed by atoms with Crippen molar-refractivity contribution in [1.29, 1.82) is 5.26 Å². The minimum absolute atomic E-state index is 0.00583. The molecular weight excluding hydrogens is 598 g/mol. The molecule has 1 aliphatic rings. The van der Waals surface area contributed by atoms with E-state index in [4.69, 9.17) is 33.3 Å². The molecule has 1 heterocycles. The number of nitriles is 1. The second-order valence-corrected chi connectivity index (χ2v) is 12.7. The SMILES string of the molecule is CCc1ccc(S(=O)(CCC#N)=NC(=O)c2ccc(C3=NOC(c4cc(Cl)cc(Cl)c4)(C(F)(F)F)C3)cc2C)cc1. The molecule has 2 unspecified atom stereocenters. The van der Waals surface area contributed by atoms with Gasteiger partial charge in [0.2, 0.25) is 0 Å². The van der Waals surface area contributed by atoms with Crippen LogP contribution in [0.2, 0.25) is 10.0 Å². The molecule has 0 saturated heterocycles. The fourth-order valence-electron chi connectivity index (χ4n) is 4.45. The highest BCUT2D eigenvalue weighted by Crippen LogP contribution is 2.49. The third kappa shape index (κ3) is 6.27. The fourth-order valence-corrected chi connectivity index (χ4v) is 6.70. The van der Waals surface area contributed by atoms with Gasteiger partial charge in [-0.15, -0.1) is 0 Å². The molecule has 1 amide bonds. The number of nitrogens with zero attached hydrogens (tertiary/aromatic N) is 3. The second-order valence-electron chi connectivity index (χ2n) is 9.47. The minimum atomic E-state index is -4.85. The molecule has 0 aromatic heterocycles. The molecule has 3 aromatic carbocycles. The quantitative estimate of drug-likeness (QED) is 0.267. The van der Waals surface area contributed by atoms with Crippen molar-refractivity contribution in [3.8, 4) is 6.07 Å². The first-order chi connectivity index (χ1) is 19.3. The minimum Gasteiger partial charge on any atom is -0.374 e. The summed E-state index contributed by atoms with van der Waals surface area (Å²) in [5.41, 5.74) is -1.26. The number of halogens is 5. The molecule has 1 aliphatic heterocycles. The summed E-state index contributed by atoms with van der Waals surface area (Å²) in [6, 6.07) is 16.7. The Balaban J connectivity index is 1.66. The monoisotopic (exact) mass is 621 g/mol. The highest BCUT2D eigenvalue weighted by molar-refractivity contribution is 7.94. The van der Waals surface area contributed by atoms with E-state index in [1.165, 1.54) is 24.3 Å². The third-order valence-corrected chi connectivity index (χ3v) is 9.39. The van der Waals surface area contributed by atoms with Crippen molar-refractivity contribution in [3.05, 3.63) is 98.5 Å². The summed E-state index contributed by atoms with van der Waals surface area (Å²) in [5, 5.41) is 12.9. The van der Waals surface area contributed by atoms with E-state index in [-0.39, 0.29) is 39.1 Å². The zero-order valence-electron chi connectivity index (χ0n) is 22.0. The summed E-state index contributed by atoms with van der Waals surface area (Å²) in [6.45, 7) is 3.56. The van der Waals surface area contributed by atoms with Crippen LogP contribution in [0.4, 0.5) is 13.2 Å². The predicted octanol–water partition coefficient (Wildman–Crippen LogP) is 8.03. The van der Waals surface area contributed by atoms with Crippen LogP contribution in [-0.2, 0) is 26.6 Å². The summed E-state index contributed by atoms with van der Waals surface area (Å²) in [4.78, 5) is 18.6.